The van der Waals surface area contributed by atoms with E-state index in [0.29, 0.717) is 0 Å². The molecule has 2 aromatic carbocycles. The van der Waals surface area contributed by atoms with E-state index in [1.54, 1.807) is 0 Å². The molecule has 4 nitrogen and oxygen atoms in total. The van der Waals surface area contributed by atoms with Crippen molar-refractivity contribution in [2.24, 2.45) is 0 Å². The number of fused-ring (bicyclic) bond motifs is 1. The largest absolute Gasteiger partial charge is 0.378 e. The average Bonchev–Trinajstić information content (AvgIpc) is 2.85. The van der Waals surface area contributed by atoms with Gasteiger partial charge in [-0.2, -0.15) is 5.10 Å². The normalized spacial score (nSPS) is 13.6. The molecule has 3 aromatic rings. The Morgan fingerprint density at radius 3 is 2.59 bits per heavy atom. The van der Waals surface area contributed by atoms with E-state index in [4.69, 9.17) is 16.7 Å². The quantitative estimate of drug-likeness (QED) is 0.667. The molecule has 27 heavy (non-hydrogen) atoms. The molecule has 2 heterocycles. The summed E-state index contributed by atoms with van der Waals surface area (Å²) in [5, 5.41) is 9.41. The Morgan fingerprint density at radius 2 is 1.85 bits per heavy atom. The summed E-state index contributed by atoms with van der Waals surface area (Å²) in [5.41, 5.74) is 6.77. The van der Waals surface area contributed by atoms with Gasteiger partial charge in [0.15, 0.2) is 0 Å². The highest BCUT2D eigenvalue weighted by atomic mass is 35.5. The first-order valence-electron chi connectivity index (χ1n) is 9.45. The zero-order valence-electron chi connectivity index (χ0n) is 16.1. The number of nitrogens with one attached hydrogen (secondary N) is 1. The summed E-state index contributed by atoms with van der Waals surface area (Å²) in [7, 11) is 4.11. The molecule has 0 radical (unpaired) electrons. The van der Waals surface area contributed by atoms with Crippen LogP contribution in [0.2, 0.25) is 5.02 Å². The molecule has 0 atom stereocenters. The summed E-state index contributed by atoms with van der Waals surface area (Å²) < 4.78 is 2.04. The van der Waals surface area contributed by atoms with Crippen molar-refractivity contribution in [2.75, 3.05) is 30.9 Å². The number of rotatable bonds is 3. The zero-order valence-corrected chi connectivity index (χ0v) is 16.8. The van der Waals surface area contributed by atoms with Crippen LogP contribution in [-0.2, 0) is 6.42 Å². The van der Waals surface area contributed by atoms with Gasteiger partial charge in [-0.15, -0.1) is 0 Å². The minimum Gasteiger partial charge on any atom is -0.378 e. The van der Waals surface area contributed by atoms with Gasteiger partial charge in [-0.3, -0.25) is 0 Å². The summed E-state index contributed by atoms with van der Waals surface area (Å²) >= 11 is 6.38. The van der Waals surface area contributed by atoms with Crippen LogP contribution in [0.15, 0.2) is 42.5 Å². The maximum atomic E-state index is 6.38. The Morgan fingerprint density at radius 1 is 1.07 bits per heavy atom. The van der Waals surface area contributed by atoms with E-state index in [1.807, 2.05) is 23.7 Å². The smallest absolute Gasteiger partial charge is 0.133 e. The molecule has 0 unspecified atom stereocenters. The maximum Gasteiger partial charge on any atom is 0.133 e. The monoisotopic (exact) mass is 380 g/mol. The van der Waals surface area contributed by atoms with Crippen LogP contribution in [0.5, 0.6) is 0 Å². The van der Waals surface area contributed by atoms with E-state index in [2.05, 4.69) is 54.6 Å². The lowest BCUT2D eigenvalue weighted by atomic mass is 10.0. The van der Waals surface area contributed by atoms with E-state index in [-0.39, 0.29) is 0 Å². The van der Waals surface area contributed by atoms with Gasteiger partial charge in [0.2, 0.25) is 0 Å². The number of aromatic nitrogens is 2. The summed E-state index contributed by atoms with van der Waals surface area (Å²) in [6.07, 6.45) is 3.37. The van der Waals surface area contributed by atoms with Crippen molar-refractivity contribution in [1.82, 2.24) is 9.78 Å². The molecule has 5 heteroatoms. The van der Waals surface area contributed by atoms with Crippen LogP contribution in [-0.4, -0.2) is 30.4 Å². The van der Waals surface area contributed by atoms with Gasteiger partial charge in [-0.1, -0.05) is 29.8 Å². The van der Waals surface area contributed by atoms with E-state index in [0.717, 1.165) is 46.3 Å². The molecule has 1 N–H and O–H groups in total. The van der Waals surface area contributed by atoms with Gasteiger partial charge in [-0.05, 0) is 56.0 Å². The van der Waals surface area contributed by atoms with Gasteiger partial charge in [0, 0.05) is 42.5 Å². The maximum absolute atomic E-state index is 6.38. The number of nitrogens with zero attached hydrogens (tertiary/aromatic N) is 3. The Kier molecular flexibility index (Phi) is 4.83. The lowest BCUT2D eigenvalue weighted by Crippen LogP contribution is -2.08. The third kappa shape index (κ3) is 3.30. The number of benzene rings is 2. The lowest BCUT2D eigenvalue weighted by molar-refractivity contribution is 0.779. The van der Waals surface area contributed by atoms with Crippen LogP contribution in [0.1, 0.15) is 24.0 Å². The van der Waals surface area contributed by atoms with E-state index in [9.17, 15) is 0 Å². The van der Waals surface area contributed by atoms with Gasteiger partial charge in [0.1, 0.15) is 5.82 Å². The lowest BCUT2D eigenvalue weighted by Gasteiger charge is -2.12. The standard InChI is InChI=1S/C22H25ClN4/c1-15-19(23)8-6-9-20(15)27-22-18(7-4-5-14-24-22)21(25-27)16-10-12-17(13-11-16)26(2)3/h6,8-13,24H,4-5,7,14H2,1-3H3. The summed E-state index contributed by atoms with van der Waals surface area (Å²) in [6, 6.07) is 14.6. The van der Waals surface area contributed by atoms with Crippen LogP contribution < -0.4 is 10.2 Å². The molecular formula is C22H25ClN4. The van der Waals surface area contributed by atoms with E-state index in [1.165, 1.54) is 24.1 Å². The van der Waals surface area contributed by atoms with Crippen LogP contribution in [0.4, 0.5) is 11.5 Å². The summed E-state index contributed by atoms with van der Waals surface area (Å²) in [6.45, 7) is 3.02. The number of anilines is 2. The van der Waals surface area contributed by atoms with Crippen molar-refractivity contribution in [3.05, 3.63) is 58.6 Å². The Hall–Kier alpha value is -2.46. The Balaban J connectivity index is 1.88. The third-order valence-electron chi connectivity index (χ3n) is 5.25. The van der Waals surface area contributed by atoms with Crippen molar-refractivity contribution < 1.29 is 0 Å². The topological polar surface area (TPSA) is 33.1 Å². The highest BCUT2D eigenvalue weighted by Gasteiger charge is 2.22. The van der Waals surface area contributed by atoms with Gasteiger partial charge < -0.3 is 10.2 Å². The molecule has 0 saturated heterocycles. The first kappa shape index (κ1) is 17.9. The zero-order chi connectivity index (χ0) is 19.0. The van der Waals surface area contributed by atoms with Crippen molar-refractivity contribution in [2.45, 2.75) is 26.2 Å². The van der Waals surface area contributed by atoms with Crippen LogP contribution in [0.3, 0.4) is 0 Å². The number of hydrogen-bond donors (Lipinski definition) is 1. The fraction of sp³-hybridized carbons (Fsp3) is 0.318. The molecule has 0 aliphatic carbocycles. The van der Waals surface area contributed by atoms with Crippen LogP contribution in [0, 0.1) is 6.92 Å². The van der Waals surface area contributed by atoms with Crippen LogP contribution in [0.25, 0.3) is 16.9 Å². The fourth-order valence-electron chi connectivity index (χ4n) is 3.65. The SMILES string of the molecule is Cc1c(Cl)cccc1-n1nc(-c2ccc(N(C)C)cc2)c2c1NCCCC2. The number of halogens is 1. The average molecular weight is 381 g/mol. The molecule has 1 aliphatic rings. The predicted molar refractivity (Wildman–Crippen MR) is 115 cm³/mol. The number of hydrogen-bond acceptors (Lipinski definition) is 3. The molecule has 1 aromatic heterocycles. The summed E-state index contributed by atoms with van der Waals surface area (Å²) in [5.74, 6) is 1.10. The third-order valence-corrected chi connectivity index (χ3v) is 5.66. The van der Waals surface area contributed by atoms with Gasteiger partial charge in [0.05, 0.1) is 11.4 Å². The van der Waals surface area contributed by atoms with Gasteiger partial charge in [-0.25, -0.2) is 4.68 Å². The Labute approximate surface area is 165 Å². The van der Waals surface area contributed by atoms with Crippen LogP contribution >= 0.6 is 11.6 Å². The second kappa shape index (κ2) is 7.28. The highest BCUT2D eigenvalue weighted by Crippen LogP contribution is 2.36. The van der Waals surface area contributed by atoms with Crippen molar-refractivity contribution in [3.63, 3.8) is 0 Å². The second-order valence-electron chi connectivity index (χ2n) is 7.30. The van der Waals surface area contributed by atoms with E-state index < -0.39 is 0 Å². The molecule has 1 aliphatic heterocycles. The molecule has 0 spiro atoms. The van der Waals surface area contributed by atoms with Gasteiger partial charge in [0.25, 0.3) is 0 Å². The molecule has 140 valence electrons. The first-order chi connectivity index (χ1) is 13.1. The minimum atomic E-state index is 0.766. The molecule has 0 bridgehead atoms. The van der Waals surface area contributed by atoms with Crippen molar-refractivity contribution in [1.29, 1.82) is 0 Å². The summed E-state index contributed by atoms with van der Waals surface area (Å²) in [4.78, 5) is 2.11. The molecule has 4 rings (SSSR count). The molecule has 0 saturated carbocycles. The van der Waals surface area contributed by atoms with Crippen molar-refractivity contribution in [3.8, 4) is 16.9 Å². The molecular weight excluding hydrogens is 356 g/mol. The molecule has 0 fully saturated rings. The second-order valence-corrected chi connectivity index (χ2v) is 7.70. The highest BCUT2D eigenvalue weighted by molar-refractivity contribution is 6.31. The minimum absolute atomic E-state index is 0.766. The fourth-order valence-corrected chi connectivity index (χ4v) is 3.82. The van der Waals surface area contributed by atoms with Crippen molar-refractivity contribution >= 4 is 23.1 Å². The predicted octanol–water partition coefficient (Wildman–Crippen LogP) is 5.32. The van der Waals surface area contributed by atoms with E-state index >= 15 is 0 Å². The first-order valence-corrected chi connectivity index (χ1v) is 9.83. The Bertz CT molecular complexity index is 957. The molecule has 0 amide bonds. The van der Waals surface area contributed by atoms with Gasteiger partial charge >= 0.3 is 0 Å².